The minimum atomic E-state index is 0.794. The molecule has 0 unspecified atom stereocenters. The van der Waals surface area contributed by atoms with Gasteiger partial charge in [0.2, 0.25) is 0 Å². The summed E-state index contributed by atoms with van der Waals surface area (Å²) in [6.07, 6.45) is 2.10. The van der Waals surface area contributed by atoms with Crippen molar-refractivity contribution in [1.29, 1.82) is 0 Å². The summed E-state index contributed by atoms with van der Waals surface area (Å²) < 4.78 is 1.89. The predicted molar refractivity (Wildman–Crippen MR) is 75.6 cm³/mol. The monoisotopic (exact) mass is 243 g/mol. The quantitative estimate of drug-likeness (QED) is 0.898. The van der Waals surface area contributed by atoms with Gasteiger partial charge in [-0.05, 0) is 50.1 Å². The van der Waals surface area contributed by atoms with Crippen molar-refractivity contribution in [1.82, 2.24) is 15.1 Å². The molecule has 0 saturated heterocycles. The van der Waals surface area contributed by atoms with E-state index in [1.54, 1.807) is 0 Å². The summed E-state index contributed by atoms with van der Waals surface area (Å²) in [7, 11) is 3.92. The third kappa shape index (κ3) is 2.18. The fourth-order valence-electron chi connectivity index (χ4n) is 2.31. The molecule has 2 aromatic rings. The molecular formula is C15H21N3. The summed E-state index contributed by atoms with van der Waals surface area (Å²) in [5.41, 5.74) is 7.68. The van der Waals surface area contributed by atoms with E-state index in [1.165, 1.54) is 27.8 Å². The molecular weight excluding hydrogens is 222 g/mol. The molecule has 0 aliphatic heterocycles. The number of benzene rings is 1. The first kappa shape index (κ1) is 12.8. The molecule has 2 rings (SSSR count). The zero-order chi connectivity index (χ0) is 13.3. The van der Waals surface area contributed by atoms with Crippen LogP contribution >= 0.6 is 0 Å². The normalized spacial score (nSPS) is 10.9. The Bertz CT molecular complexity index is 567. The van der Waals surface area contributed by atoms with E-state index in [2.05, 4.69) is 49.5 Å². The highest BCUT2D eigenvalue weighted by atomic mass is 15.3. The summed E-state index contributed by atoms with van der Waals surface area (Å²) in [5, 5.41) is 7.70. The number of nitrogens with one attached hydrogen (secondary N) is 1. The van der Waals surface area contributed by atoms with Gasteiger partial charge in [-0.15, -0.1) is 0 Å². The van der Waals surface area contributed by atoms with Crippen LogP contribution in [0.2, 0.25) is 0 Å². The van der Waals surface area contributed by atoms with Crippen LogP contribution < -0.4 is 5.32 Å². The van der Waals surface area contributed by atoms with Crippen LogP contribution in [-0.2, 0) is 13.6 Å². The second-order valence-electron chi connectivity index (χ2n) is 4.87. The number of nitrogens with zero attached hydrogens (tertiary/aromatic N) is 2. The van der Waals surface area contributed by atoms with Crippen LogP contribution in [0.5, 0.6) is 0 Å². The Balaban J connectivity index is 2.58. The zero-order valence-corrected chi connectivity index (χ0v) is 11.8. The fourth-order valence-corrected chi connectivity index (χ4v) is 2.31. The van der Waals surface area contributed by atoms with Crippen LogP contribution in [0.15, 0.2) is 18.3 Å². The highest BCUT2D eigenvalue weighted by molar-refractivity contribution is 5.70. The average molecular weight is 243 g/mol. The van der Waals surface area contributed by atoms with E-state index in [-0.39, 0.29) is 0 Å². The molecule has 0 bridgehead atoms. The smallest absolute Gasteiger partial charge is 0.0840 e. The van der Waals surface area contributed by atoms with Crippen molar-refractivity contribution in [3.05, 3.63) is 40.7 Å². The average Bonchev–Trinajstić information content (AvgIpc) is 2.68. The molecule has 1 heterocycles. The molecule has 0 amide bonds. The Morgan fingerprint density at radius 3 is 2.50 bits per heavy atom. The molecule has 0 aliphatic rings. The van der Waals surface area contributed by atoms with Crippen molar-refractivity contribution in [2.75, 3.05) is 7.05 Å². The van der Waals surface area contributed by atoms with Crippen LogP contribution in [0.3, 0.4) is 0 Å². The van der Waals surface area contributed by atoms with Crippen molar-refractivity contribution in [2.45, 2.75) is 27.3 Å². The van der Waals surface area contributed by atoms with E-state index in [1.807, 2.05) is 18.8 Å². The van der Waals surface area contributed by atoms with Gasteiger partial charge in [-0.25, -0.2) is 0 Å². The highest BCUT2D eigenvalue weighted by Crippen LogP contribution is 2.29. The van der Waals surface area contributed by atoms with Crippen LogP contribution in [0, 0.1) is 20.8 Å². The molecule has 0 saturated carbocycles. The first-order valence-corrected chi connectivity index (χ1v) is 6.29. The summed E-state index contributed by atoms with van der Waals surface area (Å²) in [5.74, 6) is 0. The largest absolute Gasteiger partial charge is 0.314 e. The Hall–Kier alpha value is -1.61. The van der Waals surface area contributed by atoms with Gasteiger partial charge in [0.15, 0.2) is 0 Å². The summed E-state index contributed by atoms with van der Waals surface area (Å²) in [4.78, 5) is 0. The molecule has 1 aromatic heterocycles. The molecule has 1 N–H and O–H groups in total. The van der Waals surface area contributed by atoms with Gasteiger partial charge in [0.1, 0.15) is 0 Å². The molecule has 3 nitrogen and oxygen atoms in total. The molecule has 0 aliphatic carbocycles. The number of rotatable bonds is 3. The first-order chi connectivity index (χ1) is 8.54. The van der Waals surface area contributed by atoms with Gasteiger partial charge >= 0.3 is 0 Å². The third-order valence-corrected chi connectivity index (χ3v) is 3.60. The molecule has 18 heavy (non-hydrogen) atoms. The van der Waals surface area contributed by atoms with Gasteiger partial charge in [-0.2, -0.15) is 5.10 Å². The zero-order valence-electron chi connectivity index (χ0n) is 11.8. The predicted octanol–water partition coefficient (Wildman–Crippen LogP) is 2.73. The van der Waals surface area contributed by atoms with E-state index in [0.29, 0.717) is 0 Å². The molecule has 0 atom stereocenters. The lowest BCUT2D eigenvalue weighted by Gasteiger charge is -2.11. The highest BCUT2D eigenvalue weighted by Gasteiger charge is 2.13. The van der Waals surface area contributed by atoms with Crippen LogP contribution in [-0.4, -0.2) is 16.8 Å². The van der Waals surface area contributed by atoms with Crippen LogP contribution in [0.25, 0.3) is 11.1 Å². The van der Waals surface area contributed by atoms with Crippen LogP contribution in [0.4, 0.5) is 0 Å². The van der Waals surface area contributed by atoms with Crippen molar-refractivity contribution >= 4 is 0 Å². The maximum Gasteiger partial charge on any atom is 0.0840 e. The third-order valence-electron chi connectivity index (χ3n) is 3.60. The van der Waals surface area contributed by atoms with Crippen molar-refractivity contribution in [3.63, 3.8) is 0 Å². The minimum Gasteiger partial charge on any atom is -0.314 e. The Morgan fingerprint density at radius 2 is 1.83 bits per heavy atom. The lowest BCUT2D eigenvalue weighted by atomic mass is 9.94. The van der Waals surface area contributed by atoms with Crippen LogP contribution in [0.1, 0.15) is 22.4 Å². The Kier molecular flexibility index (Phi) is 3.53. The van der Waals surface area contributed by atoms with Crippen molar-refractivity contribution < 1.29 is 0 Å². The van der Waals surface area contributed by atoms with Crippen molar-refractivity contribution in [3.8, 4) is 11.1 Å². The number of hydrogen-bond acceptors (Lipinski definition) is 2. The molecule has 3 heteroatoms. The topological polar surface area (TPSA) is 29.9 Å². The Labute approximate surface area is 109 Å². The van der Waals surface area contributed by atoms with Gasteiger partial charge in [0.25, 0.3) is 0 Å². The number of aromatic nitrogens is 2. The van der Waals surface area contributed by atoms with Gasteiger partial charge in [-0.1, -0.05) is 12.1 Å². The SMILES string of the molecule is CNCc1nn(C)cc1-c1ccc(C)c(C)c1C. The maximum atomic E-state index is 4.52. The second-order valence-corrected chi connectivity index (χ2v) is 4.87. The van der Waals surface area contributed by atoms with Gasteiger partial charge in [0, 0.05) is 25.4 Å². The first-order valence-electron chi connectivity index (χ1n) is 6.29. The summed E-state index contributed by atoms with van der Waals surface area (Å²) >= 11 is 0. The molecule has 96 valence electrons. The van der Waals surface area contributed by atoms with E-state index >= 15 is 0 Å². The lowest BCUT2D eigenvalue weighted by Crippen LogP contribution is -2.07. The molecule has 0 fully saturated rings. The number of hydrogen-bond donors (Lipinski definition) is 1. The second kappa shape index (κ2) is 4.94. The summed E-state index contributed by atoms with van der Waals surface area (Å²) in [6, 6.07) is 4.39. The fraction of sp³-hybridized carbons (Fsp3) is 0.400. The minimum absolute atomic E-state index is 0.794. The standard InChI is InChI=1S/C15H21N3/c1-10-6-7-13(12(3)11(10)2)14-9-18(5)17-15(14)8-16-4/h6-7,9,16H,8H2,1-5H3. The number of aryl methyl sites for hydroxylation is 2. The van der Waals surface area contributed by atoms with Crippen molar-refractivity contribution in [2.24, 2.45) is 7.05 Å². The molecule has 0 radical (unpaired) electrons. The Morgan fingerprint density at radius 1 is 1.11 bits per heavy atom. The van der Waals surface area contributed by atoms with E-state index in [9.17, 15) is 0 Å². The van der Waals surface area contributed by atoms with E-state index in [4.69, 9.17) is 0 Å². The van der Waals surface area contributed by atoms with Gasteiger partial charge < -0.3 is 5.32 Å². The molecule has 1 aromatic carbocycles. The van der Waals surface area contributed by atoms with Gasteiger partial charge in [0.05, 0.1) is 5.69 Å². The molecule has 0 spiro atoms. The van der Waals surface area contributed by atoms with Gasteiger partial charge in [-0.3, -0.25) is 4.68 Å². The lowest BCUT2D eigenvalue weighted by molar-refractivity contribution is 0.712. The van der Waals surface area contributed by atoms with E-state index in [0.717, 1.165) is 12.2 Å². The van der Waals surface area contributed by atoms with E-state index < -0.39 is 0 Å². The maximum absolute atomic E-state index is 4.52. The summed E-state index contributed by atoms with van der Waals surface area (Å²) in [6.45, 7) is 7.32.